The van der Waals surface area contributed by atoms with Crippen LogP contribution in [0.25, 0.3) is 10.9 Å². The van der Waals surface area contributed by atoms with Crippen LogP contribution in [0.1, 0.15) is 10.4 Å². The number of Topliss-reactive ketones (excluding diaryl/α,β-unsaturated/α-hetero) is 1. The Hall–Kier alpha value is -2.66. The highest BCUT2D eigenvalue weighted by molar-refractivity contribution is 6.09. The Morgan fingerprint density at radius 1 is 1.00 bits per heavy atom. The van der Waals surface area contributed by atoms with Crippen molar-refractivity contribution < 1.29 is 9.18 Å². The molecule has 0 aliphatic carbocycles. The van der Waals surface area contributed by atoms with Crippen molar-refractivity contribution in [3.05, 3.63) is 66.1 Å². The maximum absolute atomic E-state index is 13.1. The Morgan fingerprint density at radius 2 is 1.69 bits per heavy atom. The third-order valence-corrected chi connectivity index (χ3v) is 5.13. The lowest BCUT2D eigenvalue weighted by atomic mass is 10.1. The molecule has 0 saturated carbocycles. The van der Waals surface area contributed by atoms with Gasteiger partial charge in [0.1, 0.15) is 5.82 Å². The third-order valence-electron chi connectivity index (χ3n) is 5.13. The number of carbonyl (C=O) groups excluding carboxylic acids is 1. The molecule has 0 unspecified atom stereocenters. The number of para-hydroxylation sites is 1. The fourth-order valence-corrected chi connectivity index (χ4v) is 3.67. The Labute approximate surface area is 152 Å². The summed E-state index contributed by atoms with van der Waals surface area (Å²) in [5, 5.41) is 1.02. The molecule has 134 valence electrons. The van der Waals surface area contributed by atoms with Crippen molar-refractivity contribution >= 4 is 22.4 Å². The number of hydrogen-bond acceptors (Lipinski definition) is 3. The second-order valence-electron chi connectivity index (χ2n) is 6.83. The van der Waals surface area contributed by atoms with Crippen LogP contribution in [-0.2, 0) is 7.05 Å². The first-order valence-corrected chi connectivity index (χ1v) is 8.92. The summed E-state index contributed by atoms with van der Waals surface area (Å²) in [4.78, 5) is 17.3. The zero-order chi connectivity index (χ0) is 18.1. The monoisotopic (exact) mass is 351 g/mol. The molecule has 2 aromatic carbocycles. The first kappa shape index (κ1) is 16.8. The Bertz CT molecular complexity index is 924. The van der Waals surface area contributed by atoms with Crippen LogP contribution >= 0.6 is 0 Å². The molecule has 1 aliphatic heterocycles. The van der Waals surface area contributed by atoms with E-state index in [9.17, 15) is 9.18 Å². The smallest absolute Gasteiger partial charge is 0.178 e. The van der Waals surface area contributed by atoms with E-state index in [0.29, 0.717) is 6.54 Å². The second-order valence-corrected chi connectivity index (χ2v) is 6.83. The number of fused-ring (bicyclic) bond motifs is 1. The van der Waals surface area contributed by atoms with Crippen LogP contribution in [0.15, 0.2) is 54.7 Å². The molecule has 2 heterocycles. The SMILES string of the molecule is Cn1cc(C(=O)CN2CCN(c3ccc(F)cc3)CC2)c2ccccc21. The van der Waals surface area contributed by atoms with E-state index in [1.54, 1.807) is 0 Å². The van der Waals surface area contributed by atoms with Gasteiger partial charge >= 0.3 is 0 Å². The summed E-state index contributed by atoms with van der Waals surface area (Å²) in [6.45, 7) is 3.77. The summed E-state index contributed by atoms with van der Waals surface area (Å²) in [6.07, 6.45) is 1.93. The summed E-state index contributed by atoms with van der Waals surface area (Å²) < 4.78 is 15.1. The number of hydrogen-bond donors (Lipinski definition) is 0. The molecule has 0 N–H and O–H groups in total. The van der Waals surface area contributed by atoms with Crippen LogP contribution in [0, 0.1) is 5.82 Å². The van der Waals surface area contributed by atoms with Crippen molar-refractivity contribution in [2.24, 2.45) is 7.05 Å². The Kier molecular flexibility index (Phi) is 4.47. The van der Waals surface area contributed by atoms with Gasteiger partial charge in [-0.15, -0.1) is 0 Å². The van der Waals surface area contributed by atoms with Gasteiger partial charge in [-0.25, -0.2) is 4.39 Å². The normalized spacial score (nSPS) is 15.5. The number of aryl methyl sites for hydroxylation is 1. The van der Waals surface area contributed by atoms with E-state index >= 15 is 0 Å². The summed E-state index contributed by atoms with van der Waals surface area (Å²) in [6, 6.07) is 14.6. The quantitative estimate of drug-likeness (QED) is 0.675. The van der Waals surface area contributed by atoms with Crippen molar-refractivity contribution in [1.29, 1.82) is 0 Å². The molecule has 1 fully saturated rings. The van der Waals surface area contributed by atoms with Crippen molar-refractivity contribution in [2.45, 2.75) is 0 Å². The molecule has 4 rings (SSSR count). The highest BCUT2D eigenvalue weighted by Crippen LogP contribution is 2.22. The van der Waals surface area contributed by atoms with Gasteiger partial charge in [0.2, 0.25) is 0 Å². The summed E-state index contributed by atoms with van der Waals surface area (Å²) in [7, 11) is 1.97. The topological polar surface area (TPSA) is 28.5 Å². The predicted molar refractivity (Wildman–Crippen MR) is 102 cm³/mol. The highest BCUT2D eigenvalue weighted by Gasteiger charge is 2.21. The van der Waals surface area contributed by atoms with Crippen LogP contribution < -0.4 is 4.90 Å². The summed E-state index contributed by atoms with van der Waals surface area (Å²) >= 11 is 0. The second kappa shape index (κ2) is 6.92. The molecular formula is C21H22FN3O. The number of benzene rings is 2. The fourth-order valence-electron chi connectivity index (χ4n) is 3.67. The number of halogens is 1. The standard InChI is InChI=1S/C21H22FN3O/c1-23-14-19(18-4-2-3-5-20(18)23)21(26)15-24-10-12-25(13-11-24)17-8-6-16(22)7-9-17/h2-9,14H,10-13,15H2,1H3. The Morgan fingerprint density at radius 3 is 2.42 bits per heavy atom. The molecular weight excluding hydrogens is 329 g/mol. The van der Waals surface area contributed by atoms with Crippen LogP contribution in [0.4, 0.5) is 10.1 Å². The zero-order valence-corrected chi connectivity index (χ0v) is 14.9. The van der Waals surface area contributed by atoms with Gasteiger partial charge in [0.15, 0.2) is 5.78 Å². The molecule has 4 nitrogen and oxygen atoms in total. The van der Waals surface area contributed by atoms with E-state index in [1.165, 1.54) is 12.1 Å². The molecule has 0 spiro atoms. The number of piperazine rings is 1. The molecule has 1 saturated heterocycles. The first-order chi connectivity index (χ1) is 12.6. The molecule has 0 radical (unpaired) electrons. The fraction of sp³-hybridized carbons (Fsp3) is 0.286. The van der Waals surface area contributed by atoms with E-state index in [4.69, 9.17) is 0 Å². The van der Waals surface area contributed by atoms with E-state index in [1.807, 2.05) is 54.2 Å². The van der Waals surface area contributed by atoms with E-state index in [-0.39, 0.29) is 11.6 Å². The highest BCUT2D eigenvalue weighted by atomic mass is 19.1. The molecule has 5 heteroatoms. The predicted octanol–water partition coefficient (Wildman–Crippen LogP) is 3.32. The molecule has 26 heavy (non-hydrogen) atoms. The van der Waals surface area contributed by atoms with Gasteiger partial charge in [0.05, 0.1) is 6.54 Å². The minimum Gasteiger partial charge on any atom is -0.369 e. The molecule has 0 amide bonds. The Balaban J connectivity index is 1.41. The lowest BCUT2D eigenvalue weighted by Gasteiger charge is -2.35. The van der Waals surface area contributed by atoms with Gasteiger partial charge in [-0.3, -0.25) is 9.69 Å². The van der Waals surface area contributed by atoms with E-state index in [2.05, 4.69) is 9.80 Å². The van der Waals surface area contributed by atoms with E-state index < -0.39 is 0 Å². The van der Waals surface area contributed by atoms with E-state index in [0.717, 1.165) is 48.3 Å². The third kappa shape index (κ3) is 3.22. The number of ketones is 1. The zero-order valence-electron chi connectivity index (χ0n) is 14.9. The number of rotatable bonds is 4. The minimum absolute atomic E-state index is 0.164. The van der Waals surface area contributed by atoms with Crippen molar-refractivity contribution in [2.75, 3.05) is 37.6 Å². The van der Waals surface area contributed by atoms with Gasteiger partial charge in [0.25, 0.3) is 0 Å². The van der Waals surface area contributed by atoms with Crippen LogP contribution in [0.2, 0.25) is 0 Å². The maximum atomic E-state index is 13.1. The average Bonchev–Trinajstić information content (AvgIpc) is 3.00. The molecule has 0 atom stereocenters. The number of nitrogens with zero attached hydrogens (tertiary/aromatic N) is 3. The lowest BCUT2D eigenvalue weighted by molar-refractivity contribution is 0.0928. The van der Waals surface area contributed by atoms with Gasteiger partial charge in [-0.2, -0.15) is 0 Å². The maximum Gasteiger partial charge on any atom is 0.178 e. The van der Waals surface area contributed by atoms with Crippen molar-refractivity contribution in [3.8, 4) is 0 Å². The minimum atomic E-state index is -0.215. The van der Waals surface area contributed by atoms with Crippen LogP contribution in [0.5, 0.6) is 0 Å². The molecule has 1 aromatic heterocycles. The van der Waals surface area contributed by atoms with Crippen molar-refractivity contribution in [1.82, 2.24) is 9.47 Å². The van der Waals surface area contributed by atoms with Crippen molar-refractivity contribution in [3.63, 3.8) is 0 Å². The van der Waals surface area contributed by atoms with Gasteiger partial charge < -0.3 is 9.47 Å². The summed E-state index contributed by atoms with van der Waals surface area (Å²) in [5.74, 6) is -0.0508. The van der Waals surface area contributed by atoms with Crippen LogP contribution in [-0.4, -0.2) is 48.0 Å². The lowest BCUT2D eigenvalue weighted by Crippen LogP contribution is -2.48. The number of aromatic nitrogens is 1. The molecule has 0 bridgehead atoms. The number of carbonyl (C=O) groups is 1. The summed E-state index contributed by atoms with van der Waals surface area (Å²) in [5.41, 5.74) is 2.91. The first-order valence-electron chi connectivity index (χ1n) is 8.92. The van der Waals surface area contributed by atoms with Gasteiger partial charge in [-0.05, 0) is 30.3 Å². The van der Waals surface area contributed by atoms with Gasteiger partial charge in [0, 0.05) is 61.6 Å². The number of anilines is 1. The molecule has 3 aromatic rings. The van der Waals surface area contributed by atoms with Gasteiger partial charge in [-0.1, -0.05) is 18.2 Å². The van der Waals surface area contributed by atoms with Crippen LogP contribution in [0.3, 0.4) is 0 Å². The average molecular weight is 351 g/mol. The largest absolute Gasteiger partial charge is 0.369 e. The molecule has 1 aliphatic rings.